The monoisotopic (exact) mass is 218 g/mol. The van der Waals surface area contributed by atoms with Crippen molar-refractivity contribution in [3.05, 3.63) is 16.7 Å². The van der Waals surface area contributed by atoms with Crippen molar-refractivity contribution in [2.45, 2.75) is 33.1 Å². The Kier molecular flexibility index (Phi) is 2.27. The smallest absolute Gasteiger partial charge is 0.232 e. The zero-order valence-electron chi connectivity index (χ0n) is 9.41. The van der Waals surface area contributed by atoms with Gasteiger partial charge >= 0.3 is 0 Å². The Morgan fingerprint density at radius 2 is 1.94 bits per heavy atom. The van der Waals surface area contributed by atoms with E-state index in [1.54, 1.807) is 0 Å². The van der Waals surface area contributed by atoms with Gasteiger partial charge in [-0.15, -0.1) is 0 Å². The van der Waals surface area contributed by atoms with Crippen LogP contribution in [0.1, 0.15) is 37.0 Å². The topological polar surface area (TPSA) is 77.1 Å². The molecule has 0 unspecified atom stereocenters. The molecule has 2 N–H and O–H groups in total. The Balaban J connectivity index is 2.65. The van der Waals surface area contributed by atoms with Gasteiger partial charge in [0, 0.05) is 5.56 Å². The predicted molar refractivity (Wildman–Crippen MR) is 58.1 cm³/mol. The fraction of sp³-hybridized carbons (Fsp3) is 0.500. The van der Waals surface area contributed by atoms with Crippen LogP contribution in [-0.2, 0) is 12.8 Å². The summed E-state index contributed by atoms with van der Waals surface area (Å²) in [5.74, 6) is -0.501. The van der Waals surface area contributed by atoms with E-state index in [1.165, 1.54) is 0 Å². The molecule has 1 aromatic rings. The third-order valence-corrected chi connectivity index (χ3v) is 3.19. The van der Waals surface area contributed by atoms with Crippen LogP contribution in [0.5, 0.6) is 11.8 Å². The quantitative estimate of drug-likeness (QED) is 0.697. The van der Waals surface area contributed by atoms with Crippen LogP contribution in [0, 0.1) is 16.7 Å². The lowest BCUT2D eigenvalue weighted by Crippen LogP contribution is -2.23. The van der Waals surface area contributed by atoms with Crippen molar-refractivity contribution < 1.29 is 10.2 Å². The molecule has 0 atom stereocenters. The Labute approximate surface area is 94.2 Å². The second-order valence-electron chi connectivity index (χ2n) is 5.04. The molecule has 0 bridgehead atoms. The van der Waals surface area contributed by atoms with Crippen LogP contribution >= 0.6 is 0 Å². The maximum atomic E-state index is 9.65. The molecule has 0 amide bonds. The molecule has 0 aliphatic heterocycles. The number of nitriles is 1. The number of aromatic hydroxyl groups is 2. The van der Waals surface area contributed by atoms with Crippen molar-refractivity contribution in [2.75, 3.05) is 0 Å². The second kappa shape index (κ2) is 3.38. The highest BCUT2D eigenvalue weighted by Gasteiger charge is 2.30. The molecule has 0 saturated carbocycles. The van der Waals surface area contributed by atoms with Crippen LogP contribution in [0.15, 0.2) is 0 Å². The fourth-order valence-corrected chi connectivity index (χ4v) is 2.25. The van der Waals surface area contributed by atoms with Gasteiger partial charge in [0.15, 0.2) is 0 Å². The molecule has 2 rings (SSSR count). The highest BCUT2D eigenvalue weighted by Crippen LogP contribution is 2.40. The van der Waals surface area contributed by atoms with Crippen LogP contribution in [0.25, 0.3) is 0 Å². The van der Waals surface area contributed by atoms with Gasteiger partial charge in [-0.05, 0) is 30.2 Å². The van der Waals surface area contributed by atoms with E-state index in [-0.39, 0.29) is 22.7 Å². The van der Waals surface area contributed by atoms with Crippen LogP contribution in [-0.4, -0.2) is 15.2 Å². The van der Waals surface area contributed by atoms with Gasteiger partial charge in [-0.25, -0.2) is 0 Å². The first-order valence-corrected chi connectivity index (χ1v) is 5.28. The summed E-state index contributed by atoms with van der Waals surface area (Å²) in [5, 5.41) is 28.2. The maximum Gasteiger partial charge on any atom is 0.232 e. The van der Waals surface area contributed by atoms with Gasteiger partial charge in [0.25, 0.3) is 0 Å². The first kappa shape index (κ1) is 10.7. The third-order valence-electron chi connectivity index (χ3n) is 3.19. The zero-order chi connectivity index (χ0) is 11.9. The molecule has 0 fully saturated rings. The normalized spacial score (nSPS) is 17.6. The molecule has 0 spiro atoms. The summed E-state index contributed by atoms with van der Waals surface area (Å²) >= 11 is 0. The molecule has 16 heavy (non-hydrogen) atoms. The molecule has 1 heterocycles. The molecular weight excluding hydrogens is 204 g/mol. The summed E-state index contributed by atoms with van der Waals surface area (Å²) < 4.78 is 0. The summed E-state index contributed by atoms with van der Waals surface area (Å²) in [6, 6.07) is 1.96. The Hall–Kier alpha value is -1.76. The van der Waals surface area contributed by atoms with Gasteiger partial charge in [0.05, 0.1) is 0 Å². The van der Waals surface area contributed by atoms with Gasteiger partial charge in [-0.1, -0.05) is 13.8 Å². The number of hydrogen-bond donors (Lipinski definition) is 2. The maximum absolute atomic E-state index is 9.65. The Morgan fingerprint density at radius 1 is 1.25 bits per heavy atom. The molecule has 4 nitrogen and oxygen atoms in total. The second-order valence-corrected chi connectivity index (χ2v) is 5.04. The van der Waals surface area contributed by atoms with E-state index in [2.05, 4.69) is 18.8 Å². The van der Waals surface area contributed by atoms with Gasteiger partial charge < -0.3 is 10.2 Å². The standard InChI is InChI=1S/C12H14N2O2/c1-12(2)4-3-7-8(5-12)9(6-13)11(16)14-10(7)15/h3-5H2,1-2H3,(H2,14,15,16). The number of pyridine rings is 1. The van der Waals surface area contributed by atoms with Crippen LogP contribution in [0.3, 0.4) is 0 Å². The van der Waals surface area contributed by atoms with Crippen molar-refractivity contribution in [3.63, 3.8) is 0 Å². The van der Waals surface area contributed by atoms with Crippen molar-refractivity contribution in [1.82, 2.24) is 4.98 Å². The van der Waals surface area contributed by atoms with Crippen LogP contribution in [0.2, 0.25) is 0 Å². The molecule has 4 heteroatoms. The minimum absolute atomic E-state index is 0.0961. The van der Waals surface area contributed by atoms with E-state index in [0.717, 1.165) is 12.0 Å². The molecule has 84 valence electrons. The zero-order valence-corrected chi connectivity index (χ0v) is 9.41. The van der Waals surface area contributed by atoms with E-state index >= 15 is 0 Å². The average Bonchev–Trinajstić information content (AvgIpc) is 2.16. The molecular formula is C12H14N2O2. The number of rotatable bonds is 0. The molecule has 0 radical (unpaired) electrons. The largest absolute Gasteiger partial charge is 0.493 e. The van der Waals surface area contributed by atoms with Crippen molar-refractivity contribution >= 4 is 0 Å². The number of nitrogens with zero attached hydrogens (tertiary/aromatic N) is 2. The van der Waals surface area contributed by atoms with Crippen molar-refractivity contribution in [3.8, 4) is 17.8 Å². The first-order chi connectivity index (χ1) is 7.44. The van der Waals surface area contributed by atoms with Crippen molar-refractivity contribution in [2.24, 2.45) is 5.41 Å². The van der Waals surface area contributed by atoms with Gasteiger partial charge in [-0.3, -0.25) is 0 Å². The van der Waals surface area contributed by atoms with E-state index < -0.39 is 0 Å². The van der Waals surface area contributed by atoms with E-state index in [0.29, 0.717) is 18.4 Å². The summed E-state index contributed by atoms with van der Waals surface area (Å²) in [7, 11) is 0. The minimum Gasteiger partial charge on any atom is -0.493 e. The lowest BCUT2D eigenvalue weighted by molar-refractivity contribution is 0.305. The lowest BCUT2D eigenvalue weighted by atomic mass is 9.73. The average molecular weight is 218 g/mol. The fourth-order valence-electron chi connectivity index (χ4n) is 2.25. The van der Waals surface area contributed by atoms with Crippen molar-refractivity contribution in [1.29, 1.82) is 5.26 Å². The Bertz CT molecular complexity index is 487. The van der Waals surface area contributed by atoms with Crippen LogP contribution in [0.4, 0.5) is 0 Å². The molecule has 1 aliphatic rings. The summed E-state index contributed by atoms with van der Waals surface area (Å²) in [6.45, 7) is 4.23. The molecule has 1 aliphatic carbocycles. The first-order valence-electron chi connectivity index (χ1n) is 5.28. The summed E-state index contributed by atoms with van der Waals surface area (Å²) in [4.78, 5) is 3.59. The van der Waals surface area contributed by atoms with E-state index in [4.69, 9.17) is 5.26 Å². The Morgan fingerprint density at radius 3 is 2.56 bits per heavy atom. The molecule has 0 aromatic carbocycles. The third kappa shape index (κ3) is 1.58. The van der Waals surface area contributed by atoms with Crippen LogP contribution < -0.4 is 0 Å². The number of hydrogen-bond acceptors (Lipinski definition) is 4. The molecule has 1 aromatic heterocycles. The highest BCUT2D eigenvalue weighted by atomic mass is 16.3. The SMILES string of the molecule is CC1(C)CCc2c(O)nc(O)c(C#N)c2C1. The lowest BCUT2D eigenvalue weighted by Gasteiger charge is -2.31. The van der Waals surface area contributed by atoms with Gasteiger partial charge in [-0.2, -0.15) is 10.2 Å². The molecule has 0 saturated heterocycles. The predicted octanol–water partition coefficient (Wildman–Crippen LogP) is 1.88. The summed E-state index contributed by atoms with van der Waals surface area (Å²) in [5.41, 5.74) is 1.77. The summed E-state index contributed by atoms with van der Waals surface area (Å²) in [6.07, 6.45) is 2.34. The number of fused-ring (bicyclic) bond motifs is 1. The van der Waals surface area contributed by atoms with E-state index in [9.17, 15) is 10.2 Å². The highest BCUT2D eigenvalue weighted by molar-refractivity contribution is 5.53. The number of aromatic nitrogens is 1. The van der Waals surface area contributed by atoms with Gasteiger partial charge in [0.1, 0.15) is 11.6 Å². The minimum atomic E-state index is -0.364. The van der Waals surface area contributed by atoms with E-state index in [1.807, 2.05) is 6.07 Å². The van der Waals surface area contributed by atoms with Gasteiger partial charge in [0.2, 0.25) is 11.8 Å².